The van der Waals surface area contributed by atoms with Crippen LogP contribution in [0.1, 0.15) is 81.2 Å². The van der Waals surface area contributed by atoms with Gasteiger partial charge in [0, 0.05) is 12.7 Å². The molecular weight excluding hydrogens is 378 g/mol. The van der Waals surface area contributed by atoms with E-state index in [0.717, 1.165) is 6.42 Å². The van der Waals surface area contributed by atoms with Gasteiger partial charge in [0.1, 0.15) is 0 Å². The lowest BCUT2D eigenvalue weighted by Crippen LogP contribution is -2.47. The Balaban J connectivity index is 2.11. The molecule has 3 aromatic rings. The predicted octanol–water partition coefficient (Wildman–Crippen LogP) is 6.73. The number of aliphatic hydroxyl groups excluding tert-OH is 1. The van der Waals surface area contributed by atoms with Crippen LogP contribution in [-0.2, 0) is 5.41 Å². The molecule has 2 nitrogen and oxygen atoms in total. The second kappa shape index (κ2) is 7.91. The maximum atomic E-state index is 9.89. The van der Waals surface area contributed by atoms with Crippen molar-refractivity contribution in [3.63, 3.8) is 0 Å². The molecule has 2 heteroatoms. The van der Waals surface area contributed by atoms with Crippen LogP contribution in [0.2, 0.25) is 0 Å². The molecule has 0 saturated carbocycles. The smallest absolute Gasteiger partial charge is 0.221 e. The highest BCUT2D eigenvalue weighted by molar-refractivity contribution is 5.95. The zero-order chi connectivity index (χ0) is 22.5. The van der Waals surface area contributed by atoms with Gasteiger partial charge in [-0.05, 0) is 70.5 Å². The molecule has 0 spiro atoms. The Morgan fingerprint density at radius 3 is 2.48 bits per heavy atom. The van der Waals surface area contributed by atoms with E-state index in [1.807, 2.05) is 0 Å². The number of fused-ring (bicyclic) bond motifs is 5. The molecule has 2 heterocycles. The van der Waals surface area contributed by atoms with E-state index in [4.69, 9.17) is 0 Å². The number of pyridine rings is 1. The lowest BCUT2D eigenvalue weighted by atomic mass is 9.75. The summed E-state index contributed by atoms with van der Waals surface area (Å²) in [5, 5.41) is 12.5. The highest BCUT2D eigenvalue weighted by Crippen LogP contribution is 2.46. The molecule has 4 rings (SSSR count). The first-order valence-electron chi connectivity index (χ1n) is 11.5. The first kappa shape index (κ1) is 21.8. The number of nitrogens with zero attached hydrogens (tertiary/aromatic N) is 1. The lowest BCUT2D eigenvalue weighted by Gasteiger charge is -2.32. The normalized spacial score (nSPS) is 18.2. The Morgan fingerprint density at radius 1 is 1.13 bits per heavy atom. The Morgan fingerprint density at radius 2 is 1.87 bits per heavy atom. The fraction of sp³-hybridized carbons (Fsp3) is 0.414. The van der Waals surface area contributed by atoms with Crippen LogP contribution in [-0.4, -0.2) is 11.7 Å². The van der Waals surface area contributed by atoms with Crippen molar-refractivity contribution >= 4 is 10.8 Å². The Bertz CT molecular complexity index is 1150. The highest BCUT2D eigenvalue weighted by Gasteiger charge is 2.40. The summed E-state index contributed by atoms with van der Waals surface area (Å²) in [6.45, 7) is 17.9. The molecule has 0 amide bonds. The standard InChI is InChI=1S/C29H36NO/c1-8-26-24(12-14-31)27-19(4)15-22(29(5,6)7)17-25(27)28-23-10-9-20(18(2)3)16-21(23)11-13-30(26)28/h8-11,13,15-18,24,26,31H,1,12,14H2,2-7H3/q+1. The van der Waals surface area contributed by atoms with E-state index in [9.17, 15) is 5.11 Å². The van der Waals surface area contributed by atoms with Crippen molar-refractivity contribution in [1.82, 2.24) is 0 Å². The summed E-state index contributed by atoms with van der Waals surface area (Å²) in [5.41, 5.74) is 8.06. The Hall–Kier alpha value is -2.45. The van der Waals surface area contributed by atoms with Crippen molar-refractivity contribution in [2.24, 2.45) is 0 Å². The summed E-state index contributed by atoms with van der Waals surface area (Å²) in [6.07, 6.45) is 5.01. The summed E-state index contributed by atoms with van der Waals surface area (Å²) in [5.74, 6) is 0.723. The van der Waals surface area contributed by atoms with E-state index in [-0.39, 0.29) is 24.0 Å². The maximum absolute atomic E-state index is 9.89. The zero-order valence-corrected chi connectivity index (χ0v) is 19.9. The van der Waals surface area contributed by atoms with Crippen LogP contribution in [0.4, 0.5) is 0 Å². The van der Waals surface area contributed by atoms with E-state index in [1.165, 1.54) is 44.3 Å². The predicted molar refractivity (Wildman–Crippen MR) is 131 cm³/mol. The number of benzene rings is 2. The number of aliphatic hydroxyl groups is 1. The molecule has 0 aliphatic carbocycles. The van der Waals surface area contributed by atoms with Crippen molar-refractivity contribution in [3.8, 4) is 11.3 Å². The van der Waals surface area contributed by atoms with Crippen LogP contribution in [0.25, 0.3) is 22.0 Å². The molecule has 2 unspecified atom stereocenters. The topological polar surface area (TPSA) is 24.1 Å². The highest BCUT2D eigenvalue weighted by atomic mass is 16.3. The van der Waals surface area contributed by atoms with Crippen molar-refractivity contribution in [1.29, 1.82) is 0 Å². The molecular formula is C29H36NO+. The number of aromatic nitrogens is 1. The Kier molecular flexibility index (Phi) is 5.55. The summed E-state index contributed by atoms with van der Waals surface area (Å²) in [4.78, 5) is 0. The van der Waals surface area contributed by atoms with Gasteiger partial charge in [0.2, 0.25) is 5.69 Å². The third kappa shape index (κ3) is 3.61. The monoisotopic (exact) mass is 414 g/mol. The van der Waals surface area contributed by atoms with Crippen LogP contribution in [0.5, 0.6) is 0 Å². The van der Waals surface area contributed by atoms with Gasteiger partial charge in [0.25, 0.3) is 0 Å². The van der Waals surface area contributed by atoms with Gasteiger partial charge in [0.05, 0.1) is 16.9 Å². The summed E-state index contributed by atoms with van der Waals surface area (Å²) < 4.78 is 2.39. The quantitative estimate of drug-likeness (QED) is 0.371. The SMILES string of the molecule is C=CC1C(CCO)c2c(C)cc(C(C)(C)C)cc2-c2c3ccc(C(C)C)cc3cc[n+]21. The van der Waals surface area contributed by atoms with E-state index in [2.05, 4.69) is 101 Å². The van der Waals surface area contributed by atoms with Gasteiger partial charge in [-0.25, -0.2) is 0 Å². The van der Waals surface area contributed by atoms with Gasteiger partial charge < -0.3 is 5.11 Å². The summed E-state index contributed by atoms with van der Waals surface area (Å²) in [6, 6.07) is 14.0. The van der Waals surface area contributed by atoms with Crippen LogP contribution in [0.3, 0.4) is 0 Å². The molecule has 162 valence electrons. The maximum Gasteiger partial charge on any atom is 0.221 e. The minimum Gasteiger partial charge on any atom is -0.396 e. The second-order valence-electron chi connectivity index (χ2n) is 10.4. The van der Waals surface area contributed by atoms with Gasteiger partial charge >= 0.3 is 0 Å². The van der Waals surface area contributed by atoms with Crippen LogP contribution in [0.15, 0.2) is 55.3 Å². The number of aryl methyl sites for hydroxylation is 1. The largest absolute Gasteiger partial charge is 0.396 e. The molecule has 1 N–H and O–H groups in total. The van der Waals surface area contributed by atoms with Crippen LogP contribution in [0, 0.1) is 6.92 Å². The van der Waals surface area contributed by atoms with Crippen molar-refractivity contribution in [2.45, 2.75) is 71.3 Å². The third-order valence-corrected chi connectivity index (χ3v) is 6.96. The van der Waals surface area contributed by atoms with E-state index >= 15 is 0 Å². The number of hydrogen-bond acceptors (Lipinski definition) is 1. The Labute approximate surface area is 187 Å². The molecule has 2 atom stereocenters. The van der Waals surface area contributed by atoms with Crippen LogP contribution < -0.4 is 4.57 Å². The number of hydrogen-bond donors (Lipinski definition) is 1. The molecule has 1 aliphatic heterocycles. The lowest BCUT2D eigenvalue weighted by molar-refractivity contribution is -0.706. The first-order chi connectivity index (χ1) is 14.7. The average molecular weight is 415 g/mol. The zero-order valence-electron chi connectivity index (χ0n) is 19.9. The van der Waals surface area contributed by atoms with Gasteiger partial charge in [-0.15, -0.1) is 0 Å². The van der Waals surface area contributed by atoms with Gasteiger partial charge in [-0.2, -0.15) is 4.57 Å². The first-order valence-corrected chi connectivity index (χ1v) is 11.5. The van der Waals surface area contributed by atoms with Gasteiger partial charge in [-0.3, -0.25) is 0 Å². The average Bonchev–Trinajstić information content (AvgIpc) is 2.72. The molecule has 0 saturated heterocycles. The molecule has 1 aliphatic rings. The second-order valence-corrected chi connectivity index (χ2v) is 10.4. The summed E-state index contributed by atoms with van der Waals surface area (Å²) in [7, 11) is 0. The van der Waals surface area contributed by atoms with E-state index in [0.29, 0.717) is 5.92 Å². The molecule has 2 aromatic carbocycles. The van der Waals surface area contributed by atoms with E-state index < -0.39 is 0 Å². The minimum absolute atomic E-state index is 0.0712. The van der Waals surface area contributed by atoms with Crippen molar-refractivity contribution < 1.29 is 9.67 Å². The number of rotatable bonds is 4. The number of allylic oxidation sites excluding steroid dienone is 1. The van der Waals surface area contributed by atoms with Crippen molar-refractivity contribution in [3.05, 3.63) is 77.5 Å². The third-order valence-electron chi connectivity index (χ3n) is 6.96. The fourth-order valence-electron chi connectivity index (χ4n) is 5.22. The van der Waals surface area contributed by atoms with Gasteiger partial charge in [0.15, 0.2) is 12.2 Å². The molecule has 1 aromatic heterocycles. The van der Waals surface area contributed by atoms with Crippen LogP contribution >= 0.6 is 0 Å². The molecule has 0 fully saturated rings. The molecule has 0 bridgehead atoms. The fourth-order valence-corrected chi connectivity index (χ4v) is 5.22. The van der Waals surface area contributed by atoms with Gasteiger partial charge in [-0.1, -0.05) is 59.4 Å². The molecule has 31 heavy (non-hydrogen) atoms. The van der Waals surface area contributed by atoms with Crippen molar-refractivity contribution in [2.75, 3.05) is 6.61 Å². The summed E-state index contributed by atoms with van der Waals surface area (Å²) >= 11 is 0. The van der Waals surface area contributed by atoms with E-state index in [1.54, 1.807) is 0 Å². The minimum atomic E-state index is 0.0712. The molecule has 0 radical (unpaired) electrons.